The third-order valence-corrected chi connectivity index (χ3v) is 1.78. The van der Waals surface area contributed by atoms with Gasteiger partial charge in [-0.2, -0.15) is 0 Å². The molecule has 0 spiro atoms. The zero-order chi connectivity index (χ0) is 9.14. The van der Waals surface area contributed by atoms with E-state index in [1.54, 1.807) is 16.8 Å². The fourth-order valence-corrected chi connectivity index (χ4v) is 1.09. The van der Waals surface area contributed by atoms with Gasteiger partial charge in [-0.3, -0.25) is 14.5 Å². The van der Waals surface area contributed by atoms with E-state index < -0.39 is 0 Å². The Kier molecular flexibility index (Phi) is 2.65. The van der Waals surface area contributed by atoms with E-state index in [4.69, 9.17) is 0 Å². The van der Waals surface area contributed by atoms with E-state index >= 15 is 0 Å². The predicted octanol–water partition coefficient (Wildman–Crippen LogP) is -1.11. The number of hydrogen-bond donors (Lipinski definition) is 0. The smallest absolute Gasteiger partial charge is 0.319 e. The number of methoxy groups -OCH3 is 1. The van der Waals surface area contributed by atoms with Gasteiger partial charge in [0.25, 0.3) is 0 Å². The zero-order valence-corrected chi connectivity index (χ0v) is 7.24. The molecule has 12 heavy (non-hydrogen) atoms. The quantitative estimate of drug-likeness (QED) is 0.496. The lowest BCUT2D eigenvalue weighted by atomic mass is 10.5. The molecule has 0 aliphatic carbocycles. The van der Waals surface area contributed by atoms with Gasteiger partial charge >= 0.3 is 5.97 Å². The van der Waals surface area contributed by atoms with Crippen LogP contribution in [0.1, 0.15) is 0 Å². The van der Waals surface area contributed by atoms with Gasteiger partial charge in [0.15, 0.2) is 0 Å². The second-order valence-corrected chi connectivity index (χ2v) is 2.80. The second kappa shape index (κ2) is 3.53. The van der Waals surface area contributed by atoms with Crippen molar-refractivity contribution < 1.29 is 14.3 Å². The zero-order valence-electron chi connectivity index (χ0n) is 7.24. The molecule has 0 atom stereocenters. The summed E-state index contributed by atoms with van der Waals surface area (Å²) in [5.41, 5.74) is 0. The van der Waals surface area contributed by atoms with Crippen molar-refractivity contribution >= 4 is 11.9 Å². The van der Waals surface area contributed by atoms with Crippen molar-refractivity contribution in [1.29, 1.82) is 0 Å². The molecule has 0 saturated carbocycles. The molecule has 5 nitrogen and oxygen atoms in total. The average molecular weight is 172 g/mol. The van der Waals surface area contributed by atoms with Gasteiger partial charge in [0.1, 0.15) is 0 Å². The first-order chi connectivity index (χ1) is 5.63. The topological polar surface area (TPSA) is 49.9 Å². The van der Waals surface area contributed by atoms with E-state index in [0.717, 1.165) is 0 Å². The van der Waals surface area contributed by atoms with Gasteiger partial charge in [-0.15, -0.1) is 0 Å². The number of esters is 1. The number of hydrogen-bond acceptors (Lipinski definition) is 4. The maximum absolute atomic E-state index is 11.0. The van der Waals surface area contributed by atoms with E-state index in [-0.39, 0.29) is 18.4 Å². The minimum Gasteiger partial charge on any atom is -0.468 e. The number of carbonyl (C=O) groups excluding carboxylic acids is 2. The molecule has 0 aromatic carbocycles. The second-order valence-electron chi connectivity index (χ2n) is 2.80. The lowest BCUT2D eigenvalue weighted by Gasteiger charge is -2.12. The highest BCUT2D eigenvalue weighted by Gasteiger charge is 2.25. The van der Waals surface area contributed by atoms with Gasteiger partial charge in [0.2, 0.25) is 5.91 Å². The number of likely N-dealkylation sites (N-methyl/N-ethyl adjacent to an activating group) is 1. The summed E-state index contributed by atoms with van der Waals surface area (Å²) in [5.74, 6) is -0.267. The highest BCUT2D eigenvalue weighted by atomic mass is 16.5. The van der Waals surface area contributed by atoms with Crippen molar-refractivity contribution in [1.82, 2.24) is 9.80 Å². The van der Waals surface area contributed by atoms with Crippen LogP contribution in [0.2, 0.25) is 0 Å². The molecule has 68 valence electrons. The summed E-state index contributed by atoms with van der Waals surface area (Å²) >= 11 is 0. The van der Waals surface area contributed by atoms with E-state index in [0.29, 0.717) is 13.2 Å². The summed E-state index contributed by atoms with van der Waals surface area (Å²) in [7, 11) is 3.05. The Morgan fingerprint density at radius 1 is 1.67 bits per heavy atom. The third kappa shape index (κ3) is 1.94. The Labute approximate surface area is 70.9 Å². The maximum Gasteiger partial charge on any atom is 0.319 e. The SMILES string of the molecule is COC(=O)CN1CC(=O)N(C)C1. The van der Waals surface area contributed by atoms with Crippen LogP contribution in [0.4, 0.5) is 0 Å². The van der Waals surface area contributed by atoms with Gasteiger partial charge in [-0.25, -0.2) is 0 Å². The molecule has 1 heterocycles. The lowest BCUT2D eigenvalue weighted by Crippen LogP contribution is -2.29. The normalized spacial score (nSPS) is 18.5. The minimum absolute atomic E-state index is 0.0407. The molecule has 1 fully saturated rings. The number of carbonyl (C=O) groups is 2. The molecular weight excluding hydrogens is 160 g/mol. The molecule has 1 saturated heterocycles. The summed E-state index contributed by atoms with van der Waals surface area (Å²) in [6.07, 6.45) is 0. The van der Waals surface area contributed by atoms with Crippen LogP contribution in [0.15, 0.2) is 0 Å². The summed E-state index contributed by atoms with van der Waals surface area (Å²) in [6.45, 7) is 1.01. The summed E-state index contributed by atoms with van der Waals surface area (Å²) < 4.78 is 4.47. The van der Waals surface area contributed by atoms with Crippen molar-refractivity contribution in [2.75, 3.05) is 33.9 Å². The van der Waals surface area contributed by atoms with Crippen LogP contribution < -0.4 is 0 Å². The van der Waals surface area contributed by atoms with Gasteiger partial charge in [0, 0.05) is 7.05 Å². The number of amides is 1. The number of ether oxygens (including phenoxy) is 1. The standard InChI is InChI=1S/C7H12N2O3/c1-8-5-9(3-6(8)10)4-7(11)12-2/h3-5H2,1-2H3. The molecule has 0 aromatic rings. The van der Waals surface area contributed by atoms with Gasteiger partial charge in [-0.05, 0) is 0 Å². The molecule has 0 bridgehead atoms. The fourth-order valence-electron chi connectivity index (χ4n) is 1.09. The lowest BCUT2D eigenvalue weighted by molar-refractivity contribution is -0.141. The Hall–Kier alpha value is -1.10. The van der Waals surface area contributed by atoms with Crippen molar-refractivity contribution in [3.8, 4) is 0 Å². The van der Waals surface area contributed by atoms with Gasteiger partial charge in [0.05, 0.1) is 26.9 Å². The van der Waals surface area contributed by atoms with Crippen LogP contribution in [0.3, 0.4) is 0 Å². The average Bonchev–Trinajstić information content (AvgIpc) is 2.31. The Bertz CT molecular complexity index is 205. The van der Waals surface area contributed by atoms with Crippen molar-refractivity contribution in [3.05, 3.63) is 0 Å². The molecule has 1 aliphatic rings. The monoisotopic (exact) mass is 172 g/mol. The van der Waals surface area contributed by atoms with Crippen LogP contribution in [-0.4, -0.2) is 55.6 Å². The first-order valence-corrected chi connectivity index (χ1v) is 3.66. The number of nitrogens with zero attached hydrogens (tertiary/aromatic N) is 2. The Balaban J connectivity index is 2.37. The van der Waals surface area contributed by atoms with E-state index in [2.05, 4.69) is 4.74 Å². The van der Waals surface area contributed by atoms with Crippen LogP contribution in [-0.2, 0) is 14.3 Å². The third-order valence-electron chi connectivity index (χ3n) is 1.78. The molecule has 0 N–H and O–H groups in total. The molecule has 0 aromatic heterocycles. The minimum atomic E-state index is -0.307. The Morgan fingerprint density at radius 3 is 2.75 bits per heavy atom. The van der Waals surface area contributed by atoms with E-state index in [1.165, 1.54) is 7.11 Å². The molecule has 0 unspecified atom stereocenters. The van der Waals surface area contributed by atoms with Gasteiger partial charge < -0.3 is 9.64 Å². The Morgan fingerprint density at radius 2 is 2.33 bits per heavy atom. The molecular formula is C7H12N2O3. The van der Waals surface area contributed by atoms with Crippen LogP contribution in [0.5, 0.6) is 0 Å². The first kappa shape index (κ1) is 8.99. The summed E-state index contributed by atoms with van der Waals surface area (Å²) in [6, 6.07) is 0. The molecule has 0 radical (unpaired) electrons. The van der Waals surface area contributed by atoms with Crippen molar-refractivity contribution in [2.45, 2.75) is 0 Å². The molecule has 1 amide bonds. The van der Waals surface area contributed by atoms with Crippen molar-refractivity contribution in [3.63, 3.8) is 0 Å². The largest absolute Gasteiger partial charge is 0.468 e. The number of rotatable bonds is 2. The molecule has 1 aliphatic heterocycles. The molecule has 1 rings (SSSR count). The summed E-state index contributed by atoms with van der Waals surface area (Å²) in [4.78, 5) is 25.1. The van der Waals surface area contributed by atoms with E-state index in [1.807, 2.05) is 0 Å². The van der Waals surface area contributed by atoms with Gasteiger partial charge in [-0.1, -0.05) is 0 Å². The van der Waals surface area contributed by atoms with Crippen LogP contribution in [0, 0.1) is 0 Å². The first-order valence-electron chi connectivity index (χ1n) is 3.66. The fraction of sp³-hybridized carbons (Fsp3) is 0.714. The van der Waals surface area contributed by atoms with Crippen LogP contribution >= 0.6 is 0 Å². The molecule has 5 heteroatoms. The van der Waals surface area contributed by atoms with E-state index in [9.17, 15) is 9.59 Å². The highest BCUT2D eigenvalue weighted by molar-refractivity contribution is 5.81. The summed E-state index contributed by atoms with van der Waals surface area (Å²) in [5, 5.41) is 0. The highest BCUT2D eigenvalue weighted by Crippen LogP contribution is 2.02. The van der Waals surface area contributed by atoms with Crippen molar-refractivity contribution in [2.24, 2.45) is 0 Å². The predicted molar refractivity (Wildman–Crippen MR) is 41.2 cm³/mol. The van der Waals surface area contributed by atoms with Crippen LogP contribution in [0.25, 0.3) is 0 Å². The maximum atomic E-state index is 11.0.